The smallest absolute Gasteiger partial charge is 0.221 e. The van der Waals surface area contributed by atoms with Crippen molar-refractivity contribution in [3.8, 4) is 0 Å². The molecule has 0 bridgehead atoms. The van der Waals surface area contributed by atoms with Gasteiger partial charge in [0.05, 0.1) is 17.3 Å². The fourth-order valence-corrected chi connectivity index (χ4v) is 3.14. The van der Waals surface area contributed by atoms with Crippen LogP contribution in [-0.4, -0.2) is 37.8 Å². The van der Waals surface area contributed by atoms with Crippen molar-refractivity contribution >= 4 is 15.7 Å². The zero-order valence-electron chi connectivity index (χ0n) is 13.6. The molecule has 1 atom stereocenters. The second-order valence-corrected chi connectivity index (χ2v) is 8.60. The molecule has 0 aliphatic rings. The molecule has 0 heterocycles. The molecule has 124 valence electrons. The van der Waals surface area contributed by atoms with E-state index in [0.717, 1.165) is 5.56 Å². The van der Waals surface area contributed by atoms with E-state index in [0.29, 0.717) is 0 Å². The number of rotatable bonds is 6. The second-order valence-electron chi connectivity index (χ2n) is 6.49. The number of amides is 1. The van der Waals surface area contributed by atoms with E-state index in [1.807, 2.05) is 0 Å². The van der Waals surface area contributed by atoms with Crippen molar-refractivity contribution in [3.63, 3.8) is 0 Å². The Labute approximate surface area is 132 Å². The SMILES string of the molecule is CC(CO)NC(=O)CCS(=O)(=O)c1ccc(C(C)(C)C)cc1. The summed E-state index contributed by atoms with van der Waals surface area (Å²) in [4.78, 5) is 11.8. The minimum atomic E-state index is -3.48. The number of carbonyl (C=O) groups excluding carboxylic acids is 1. The van der Waals surface area contributed by atoms with Gasteiger partial charge in [0.15, 0.2) is 9.84 Å². The van der Waals surface area contributed by atoms with E-state index in [9.17, 15) is 13.2 Å². The largest absolute Gasteiger partial charge is 0.394 e. The molecule has 1 amide bonds. The third kappa shape index (κ3) is 5.42. The molecular formula is C16H25NO4S. The van der Waals surface area contributed by atoms with Gasteiger partial charge in [-0.25, -0.2) is 8.42 Å². The normalized spacial score (nSPS) is 13.7. The lowest BCUT2D eigenvalue weighted by Gasteiger charge is -2.19. The summed E-state index contributed by atoms with van der Waals surface area (Å²) in [6.07, 6.45) is -0.117. The van der Waals surface area contributed by atoms with Crippen molar-refractivity contribution in [3.05, 3.63) is 29.8 Å². The molecular weight excluding hydrogens is 302 g/mol. The van der Waals surface area contributed by atoms with Gasteiger partial charge in [-0.05, 0) is 30.0 Å². The quantitative estimate of drug-likeness (QED) is 0.832. The average Bonchev–Trinajstić information content (AvgIpc) is 2.44. The third-order valence-electron chi connectivity index (χ3n) is 3.36. The van der Waals surface area contributed by atoms with Gasteiger partial charge in [-0.1, -0.05) is 32.9 Å². The summed E-state index contributed by atoms with van der Waals surface area (Å²) in [7, 11) is -3.48. The van der Waals surface area contributed by atoms with Crippen LogP contribution in [0.15, 0.2) is 29.2 Å². The van der Waals surface area contributed by atoms with Crippen molar-refractivity contribution in [1.82, 2.24) is 5.32 Å². The van der Waals surface area contributed by atoms with Crippen LogP contribution in [0.25, 0.3) is 0 Å². The first-order valence-electron chi connectivity index (χ1n) is 7.30. The van der Waals surface area contributed by atoms with Crippen molar-refractivity contribution in [1.29, 1.82) is 0 Å². The lowest BCUT2D eigenvalue weighted by molar-refractivity contribution is -0.121. The molecule has 0 fully saturated rings. The first-order valence-corrected chi connectivity index (χ1v) is 8.95. The summed E-state index contributed by atoms with van der Waals surface area (Å²) < 4.78 is 24.4. The summed E-state index contributed by atoms with van der Waals surface area (Å²) in [5, 5.41) is 11.4. The minimum absolute atomic E-state index is 0.0391. The molecule has 2 N–H and O–H groups in total. The highest BCUT2D eigenvalue weighted by molar-refractivity contribution is 7.91. The molecule has 1 unspecified atom stereocenters. The monoisotopic (exact) mass is 327 g/mol. The molecule has 0 saturated heterocycles. The Balaban J connectivity index is 2.73. The van der Waals surface area contributed by atoms with Gasteiger partial charge in [0.2, 0.25) is 5.91 Å². The van der Waals surface area contributed by atoms with Crippen LogP contribution in [0.5, 0.6) is 0 Å². The Bertz CT molecular complexity index is 600. The summed E-state index contributed by atoms with van der Waals surface area (Å²) in [6.45, 7) is 7.65. The van der Waals surface area contributed by atoms with Gasteiger partial charge in [-0.2, -0.15) is 0 Å². The van der Waals surface area contributed by atoms with Gasteiger partial charge in [-0.15, -0.1) is 0 Å². The molecule has 1 rings (SSSR count). The number of aliphatic hydroxyl groups excluding tert-OH is 1. The lowest BCUT2D eigenvalue weighted by Crippen LogP contribution is -2.35. The topological polar surface area (TPSA) is 83.5 Å². The van der Waals surface area contributed by atoms with Gasteiger partial charge < -0.3 is 10.4 Å². The van der Waals surface area contributed by atoms with Crippen LogP contribution in [0.1, 0.15) is 39.7 Å². The molecule has 0 radical (unpaired) electrons. The summed E-state index contributed by atoms with van der Waals surface area (Å²) in [5.41, 5.74) is 1.02. The van der Waals surface area contributed by atoms with Crippen LogP contribution in [0.2, 0.25) is 0 Å². The summed E-state index contributed by atoms with van der Waals surface area (Å²) >= 11 is 0. The van der Waals surface area contributed by atoms with Crippen LogP contribution in [0.3, 0.4) is 0 Å². The second kappa shape index (κ2) is 7.24. The summed E-state index contributed by atoms with van der Waals surface area (Å²) in [5.74, 6) is -0.622. The predicted octanol–water partition coefficient (Wildman–Crippen LogP) is 1.64. The van der Waals surface area contributed by atoms with Crippen LogP contribution < -0.4 is 5.32 Å². The number of aliphatic hydroxyl groups is 1. The summed E-state index contributed by atoms with van der Waals surface area (Å²) in [6, 6.07) is 6.41. The van der Waals surface area contributed by atoms with Gasteiger partial charge in [0, 0.05) is 12.5 Å². The van der Waals surface area contributed by atoms with E-state index in [2.05, 4.69) is 26.1 Å². The molecule has 0 spiro atoms. The first kappa shape index (κ1) is 18.6. The van der Waals surface area contributed by atoms with Gasteiger partial charge in [0.25, 0.3) is 0 Å². The maximum absolute atomic E-state index is 12.2. The van der Waals surface area contributed by atoms with E-state index in [1.165, 1.54) is 0 Å². The van der Waals surface area contributed by atoms with E-state index in [-0.39, 0.29) is 41.0 Å². The molecule has 0 aromatic heterocycles. The number of sulfone groups is 1. The highest BCUT2D eigenvalue weighted by Gasteiger charge is 2.19. The third-order valence-corrected chi connectivity index (χ3v) is 5.09. The average molecular weight is 327 g/mol. The number of nitrogens with one attached hydrogen (secondary N) is 1. The van der Waals surface area contributed by atoms with Gasteiger partial charge >= 0.3 is 0 Å². The highest BCUT2D eigenvalue weighted by atomic mass is 32.2. The van der Waals surface area contributed by atoms with E-state index >= 15 is 0 Å². The minimum Gasteiger partial charge on any atom is -0.394 e. The fraction of sp³-hybridized carbons (Fsp3) is 0.562. The van der Waals surface area contributed by atoms with E-state index in [4.69, 9.17) is 5.11 Å². The molecule has 0 aliphatic carbocycles. The lowest BCUT2D eigenvalue weighted by atomic mass is 9.87. The molecule has 0 saturated carbocycles. The maximum Gasteiger partial charge on any atom is 0.221 e. The molecule has 1 aromatic carbocycles. The van der Waals surface area contributed by atoms with Gasteiger partial charge in [-0.3, -0.25) is 4.79 Å². The van der Waals surface area contributed by atoms with E-state index in [1.54, 1.807) is 31.2 Å². The van der Waals surface area contributed by atoms with E-state index < -0.39 is 9.84 Å². The molecule has 5 nitrogen and oxygen atoms in total. The molecule has 1 aromatic rings. The molecule has 0 aliphatic heterocycles. The van der Waals surface area contributed by atoms with Crippen molar-refractivity contribution in [2.75, 3.05) is 12.4 Å². The highest BCUT2D eigenvalue weighted by Crippen LogP contribution is 2.23. The van der Waals surface area contributed by atoms with Crippen molar-refractivity contribution < 1.29 is 18.3 Å². The Morgan fingerprint density at radius 2 is 1.77 bits per heavy atom. The van der Waals surface area contributed by atoms with Crippen molar-refractivity contribution in [2.24, 2.45) is 0 Å². The number of carbonyl (C=O) groups is 1. The number of benzene rings is 1. The van der Waals surface area contributed by atoms with Gasteiger partial charge in [0.1, 0.15) is 0 Å². The zero-order valence-corrected chi connectivity index (χ0v) is 14.4. The van der Waals surface area contributed by atoms with Crippen LogP contribution in [-0.2, 0) is 20.0 Å². The van der Waals surface area contributed by atoms with Crippen LogP contribution >= 0.6 is 0 Å². The molecule has 6 heteroatoms. The standard InChI is InChI=1S/C16H25NO4S/c1-12(11-18)17-15(19)9-10-22(20,21)14-7-5-13(6-8-14)16(2,3)4/h5-8,12,18H,9-11H2,1-4H3,(H,17,19). The van der Waals surface area contributed by atoms with Crippen molar-refractivity contribution in [2.45, 2.75) is 50.5 Å². The predicted molar refractivity (Wildman–Crippen MR) is 86.5 cm³/mol. The Hall–Kier alpha value is -1.40. The van der Waals surface area contributed by atoms with Crippen LogP contribution in [0, 0.1) is 0 Å². The maximum atomic E-state index is 12.2. The number of hydrogen-bond acceptors (Lipinski definition) is 4. The Morgan fingerprint density at radius 1 is 1.23 bits per heavy atom. The molecule has 22 heavy (non-hydrogen) atoms. The zero-order chi connectivity index (χ0) is 17.0. The number of hydrogen-bond donors (Lipinski definition) is 2. The first-order chi connectivity index (χ1) is 10.1. The van der Waals surface area contributed by atoms with Crippen LogP contribution in [0.4, 0.5) is 0 Å². The Morgan fingerprint density at radius 3 is 2.23 bits per heavy atom. The fourth-order valence-electron chi connectivity index (χ4n) is 1.90. The Kier molecular flexibility index (Phi) is 6.14.